The van der Waals surface area contributed by atoms with Crippen LogP contribution >= 0.6 is 0 Å². The van der Waals surface area contributed by atoms with Crippen molar-refractivity contribution in [2.75, 3.05) is 13.6 Å². The number of carbonyl (C=O) groups is 1. The molecule has 14 heavy (non-hydrogen) atoms. The van der Waals surface area contributed by atoms with Gasteiger partial charge in [0, 0.05) is 19.0 Å². The lowest BCUT2D eigenvalue weighted by molar-refractivity contribution is -0.122. The topological polar surface area (TPSA) is 82.2 Å². The van der Waals surface area contributed by atoms with E-state index in [1.165, 1.54) is 0 Å². The van der Waals surface area contributed by atoms with Crippen molar-refractivity contribution >= 4 is 5.91 Å². The zero-order chi connectivity index (χ0) is 11.1. The molecule has 0 fully saturated rings. The van der Waals surface area contributed by atoms with Crippen molar-refractivity contribution in [1.82, 2.24) is 10.3 Å². The number of rotatable bonds is 5. The number of nitrogens with zero attached hydrogens (tertiary/aromatic N) is 2. The van der Waals surface area contributed by atoms with Gasteiger partial charge >= 0.3 is 0 Å². The van der Waals surface area contributed by atoms with Gasteiger partial charge in [-0.3, -0.25) is 10.2 Å². The first-order valence-corrected chi connectivity index (χ1v) is 4.60. The standard InChI is InChI=1S/C9H18N4O/c1-7(5-10)6-13(3)8(2)4-9(14)12-11/h7-8H,4,6,11H2,1-3H3,(H,12,14). The molecule has 0 bridgehead atoms. The van der Waals surface area contributed by atoms with Gasteiger partial charge in [-0.1, -0.05) is 0 Å². The summed E-state index contributed by atoms with van der Waals surface area (Å²) in [5, 5.41) is 8.62. The molecule has 0 aromatic carbocycles. The van der Waals surface area contributed by atoms with Gasteiger partial charge in [0.2, 0.25) is 5.91 Å². The van der Waals surface area contributed by atoms with Crippen LogP contribution in [0.15, 0.2) is 0 Å². The lowest BCUT2D eigenvalue weighted by Gasteiger charge is -2.24. The molecule has 0 rings (SSSR count). The summed E-state index contributed by atoms with van der Waals surface area (Å²) in [6, 6.07) is 2.24. The quantitative estimate of drug-likeness (QED) is 0.365. The van der Waals surface area contributed by atoms with E-state index < -0.39 is 0 Å². The van der Waals surface area contributed by atoms with Crippen LogP contribution in [0.1, 0.15) is 20.3 Å². The zero-order valence-corrected chi connectivity index (χ0v) is 8.95. The molecule has 5 heteroatoms. The summed E-state index contributed by atoms with van der Waals surface area (Å²) in [5.41, 5.74) is 2.09. The molecule has 0 aromatic heterocycles. The van der Waals surface area contributed by atoms with Crippen LogP contribution in [0.2, 0.25) is 0 Å². The van der Waals surface area contributed by atoms with Crippen LogP contribution < -0.4 is 11.3 Å². The molecule has 0 saturated carbocycles. The SMILES string of the molecule is CC(C#N)CN(C)C(C)CC(=O)NN. The molecule has 0 aromatic rings. The van der Waals surface area contributed by atoms with Crippen LogP contribution in [0.3, 0.4) is 0 Å². The van der Waals surface area contributed by atoms with Crippen molar-refractivity contribution in [3.63, 3.8) is 0 Å². The van der Waals surface area contributed by atoms with Crippen LogP contribution in [0.4, 0.5) is 0 Å². The van der Waals surface area contributed by atoms with Crippen LogP contribution in [0, 0.1) is 17.2 Å². The predicted octanol–water partition coefficient (Wildman–Crippen LogP) is -0.154. The van der Waals surface area contributed by atoms with Crippen molar-refractivity contribution in [2.45, 2.75) is 26.3 Å². The van der Waals surface area contributed by atoms with Crippen LogP contribution in [-0.2, 0) is 4.79 Å². The van der Waals surface area contributed by atoms with E-state index in [4.69, 9.17) is 11.1 Å². The Labute approximate surface area is 84.8 Å². The second kappa shape index (κ2) is 6.35. The number of nitrogens with two attached hydrogens (primary N) is 1. The van der Waals surface area contributed by atoms with Crippen molar-refractivity contribution in [3.05, 3.63) is 0 Å². The predicted molar refractivity (Wildman–Crippen MR) is 53.8 cm³/mol. The molecular weight excluding hydrogens is 180 g/mol. The maximum absolute atomic E-state index is 11.0. The highest BCUT2D eigenvalue weighted by atomic mass is 16.2. The number of hydrogen-bond acceptors (Lipinski definition) is 4. The van der Waals surface area contributed by atoms with Gasteiger partial charge < -0.3 is 4.90 Å². The summed E-state index contributed by atoms with van der Waals surface area (Å²) in [6.45, 7) is 4.45. The fourth-order valence-corrected chi connectivity index (χ4v) is 1.14. The summed E-state index contributed by atoms with van der Waals surface area (Å²) >= 11 is 0. The molecule has 0 spiro atoms. The molecule has 2 unspecified atom stereocenters. The third-order valence-corrected chi connectivity index (χ3v) is 2.18. The van der Waals surface area contributed by atoms with Crippen molar-refractivity contribution in [3.8, 4) is 6.07 Å². The summed E-state index contributed by atoms with van der Waals surface area (Å²) in [4.78, 5) is 12.9. The number of amides is 1. The highest BCUT2D eigenvalue weighted by Gasteiger charge is 2.14. The van der Waals surface area contributed by atoms with Gasteiger partial charge in [0.15, 0.2) is 0 Å². The van der Waals surface area contributed by atoms with Crippen molar-refractivity contribution < 1.29 is 4.79 Å². The maximum atomic E-state index is 11.0. The fraction of sp³-hybridized carbons (Fsp3) is 0.778. The Morgan fingerprint density at radius 2 is 2.21 bits per heavy atom. The van der Waals surface area contributed by atoms with Gasteiger partial charge in [0.05, 0.1) is 12.0 Å². The number of nitrogens with one attached hydrogen (secondary N) is 1. The highest BCUT2D eigenvalue weighted by molar-refractivity contribution is 5.75. The summed E-state index contributed by atoms with van der Waals surface area (Å²) in [6.07, 6.45) is 0.352. The first-order chi connectivity index (χ1) is 6.51. The Hall–Kier alpha value is -1.12. The van der Waals surface area contributed by atoms with E-state index in [0.717, 1.165) is 0 Å². The maximum Gasteiger partial charge on any atom is 0.235 e. The van der Waals surface area contributed by atoms with Gasteiger partial charge in [0.25, 0.3) is 0 Å². The minimum absolute atomic E-state index is 0.0246. The second-order valence-electron chi connectivity index (χ2n) is 3.59. The van der Waals surface area contributed by atoms with E-state index in [9.17, 15) is 4.79 Å². The monoisotopic (exact) mass is 198 g/mol. The molecule has 0 heterocycles. The Bertz CT molecular complexity index is 223. The number of carbonyl (C=O) groups excluding carboxylic acids is 1. The molecule has 3 N–H and O–H groups in total. The molecule has 2 atom stereocenters. The van der Waals surface area contributed by atoms with Crippen LogP contribution in [-0.4, -0.2) is 30.4 Å². The molecule has 0 radical (unpaired) electrons. The summed E-state index contributed by atoms with van der Waals surface area (Å²) in [7, 11) is 1.89. The van der Waals surface area contributed by atoms with Gasteiger partial charge in [0.1, 0.15) is 0 Å². The van der Waals surface area contributed by atoms with Crippen molar-refractivity contribution in [1.29, 1.82) is 5.26 Å². The van der Waals surface area contributed by atoms with E-state index in [1.807, 2.05) is 25.8 Å². The molecule has 0 saturated heterocycles. The van der Waals surface area contributed by atoms with E-state index in [2.05, 4.69) is 11.5 Å². The van der Waals surface area contributed by atoms with Gasteiger partial charge in [-0.05, 0) is 20.9 Å². The molecule has 0 aliphatic heterocycles. The zero-order valence-electron chi connectivity index (χ0n) is 8.95. The third-order valence-electron chi connectivity index (χ3n) is 2.18. The molecular formula is C9H18N4O. The smallest absolute Gasteiger partial charge is 0.235 e. The molecule has 0 aliphatic rings. The normalized spacial score (nSPS) is 14.6. The van der Waals surface area contributed by atoms with E-state index >= 15 is 0 Å². The Balaban J connectivity index is 3.94. The Morgan fingerprint density at radius 1 is 1.64 bits per heavy atom. The minimum Gasteiger partial charge on any atom is -0.302 e. The van der Waals surface area contributed by atoms with Crippen LogP contribution in [0.25, 0.3) is 0 Å². The average Bonchev–Trinajstić information content (AvgIpc) is 2.17. The highest BCUT2D eigenvalue weighted by Crippen LogP contribution is 2.04. The third kappa shape index (κ3) is 4.80. The first-order valence-electron chi connectivity index (χ1n) is 4.60. The van der Waals surface area contributed by atoms with E-state index in [1.54, 1.807) is 0 Å². The summed E-state index contributed by atoms with van der Waals surface area (Å²) < 4.78 is 0. The average molecular weight is 198 g/mol. The Kier molecular flexibility index (Phi) is 5.84. The fourth-order valence-electron chi connectivity index (χ4n) is 1.14. The van der Waals surface area contributed by atoms with Gasteiger partial charge in [-0.25, -0.2) is 5.84 Å². The van der Waals surface area contributed by atoms with Gasteiger partial charge in [-0.15, -0.1) is 0 Å². The molecule has 5 nitrogen and oxygen atoms in total. The summed E-state index contributed by atoms with van der Waals surface area (Å²) in [5.74, 6) is 4.77. The molecule has 1 amide bonds. The first kappa shape index (κ1) is 12.9. The lowest BCUT2D eigenvalue weighted by Crippen LogP contribution is -2.39. The van der Waals surface area contributed by atoms with E-state index in [-0.39, 0.29) is 17.9 Å². The lowest BCUT2D eigenvalue weighted by atomic mass is 10.1. The minimum atomic E-state index is -0.186. The van der Waals surface area contributed by atoms with E-state index in [0.29, 0.717) is 13.0 Å². The molecule has 80 valence electrons. The second-order valence-corrected chi connectivity index (χ2v) is 3.59. The number of nitriles is 1. The molecule has 0 aliphatic carbocycles. The Morgan fingerprint density at radius 3 is 2.64 bits per heavy atom. The van der Waals surface area contributed by atoms with Crippen LogP contribution in [0.5, 0.6) is 0 Å². The number of hydrogen-bond donors (Lipinski definition) is 2. The van der Waals surface area contributed by atoms with Gasteiger partial charge in [-0.2, -0.15) is 5.26 Å². The largest absolute Gasteiger partial charge is 0.302 e. The van der Waals surface area contributed by atoms with Crippen molar-refractivity contribution in [2.24, 2.45) is 11.8 Å². The number of hydrazine groups is 1.